The molecule has 0 atom stereocenters. The minimum atomic E-state index is -0.492. The highest BCUT2D eigenvalue weighted by Gasteiger charge is 2.11. The van der Waals surface area contributed by atoms with Crippen LogP contribution in [-0.4, -0.2) is 16.1 Å². The lowest BCUT2D eigenvalue weighted by Gasteiger charge is -2.07. The molecule has 5 nitrogen and oxygen atoms in total. The monoisotopic (exact) mass is 248 g/mol. The SMILES string of the molecule is Cc1[nH]ncc1CNC(=O)c1cc(F)ccc1N. The summed E-state index contributed by atoms with van der Waals surface area (Å²) >= 11 is 0. The number of aromatic nitrogens is 2. The molecule has 0 saturated heterocycles. The normalized spacial score (nSPS) is 10.3. The third kappa shape index (κ3) is 2.48. The van der Waals surface area contributed by atoms with Crippen molar-refractivity contribution < 1.29 is 9.18 Å². The van der Waals surface area contributed by atoms with Crippen LogP contribution in [0.3, 0.4) is 0 Å². The molecule has 0 unspecified atom stereocenters. The highest BCUT2D eigenvalue weighted by molar-refractivity contribution is 5.99. The number of nitrogens with zero attached hydrogens (tertiary/aromatic N) is 1. The summed E-state index contributed by atoms with van der Waals surface area (Å²) in [7, 11) is 0. The lowest BCUT2D eigenvalue weighted by molar-refractivity contribution is 0.0951. The van der Waals surface area contributed by atoms with Gasteiger partial charge in [0.25, 0.3) is 5.91 Å². The predicted molar refractivity (Wildman–Crippen MR) is 65.3 cm³/mol. The van der Waals surface area contributed by atoms with E-state index in [4.69, 9.17) is 5.73 Å². The fourth-order valence-electron chi connectivity index (χ4n) is 1.55. The van der Waals surface area contributed by atoms with Crippen LogP contribution in [0, 0.1) is 12.7 Å². The molecule has 1 amide bonds. The summed E-state index contributed by atoms with van der Waals surface area (Å²) < 4.78 is 13.0. The van der Waals surface area contributed by atoms with Gasteiger partial charge in [-0.15, -0.1) is 0 Å². The fraction of sp³-hybridized carbons (Fsp3) is 0.167. The molecule has 0 spiro atoms. The maximum Gasteiger partial charge on any atom is 0.253 e. The van der Waals surface area contributed by atoms with Gasteiger partial charge >= 0.3 is 0 Å². The van der Waals surface area contributed by atoms with Gasteiger partial charge in [0, 0.05) is 23.5 Å². The van der Waals surface area contributed by atoms with Crippen molar-refractivity contribution in [2.45, 2.75) is 13.5 Å². The number of aromatic amines is 1. The number of anilines is 1. The number of carbonyl (C=O) groups is 1. The first-order valence-corrected chi connectivity index (χ1v) is 5.40. The zero-order valence-corrected chi connectivity index (χ0v) is 9.83. The smallest absolute Gasteiger partial charge is 0.253 e. The van der Waals surface area contributed by atoms with Crippen molar-refractivity contribution in [1.29, 1.82) is 0 Å². The van der Waals surface area contributed by atoms with Crippen LogP contribution in [-0.2, 0) is 6.54 Å². The molecule has 4 N–H and O–H groups in total. The molecule has 0 bridgehead atoms. The summed E-state index contributed by atoms with van der Waals surface area (Å²) in [5.74, 6) is -0.901. The molecule has 94 valence electrons. The van der Waals surface area contributed by atoms with E-state index in [2.05, 4.69) is 15.5 Å². The second-order valence-corrected chi connectivity index (χ2v) is 3.93. The van der Waals surface area contributed by atoms with Crippen LogP contribution in [0.2, 0.25) is 0 Å². The molecule has 0 saturated carbocycles. The number of hydrogen-bond donors (Lipinski definition) is 3. The fourth-order valence-corrected chi connectivity index (χ4v) is 1.55. The largest absolute Gasteiger partial charge is 0.398 e. The topological polar surface area (TPSA) is 83.8 Å². The molecule has 6 heteroatoms. The molecule has 0 aliphatic heterocycles. The number of nitrogen functional groups attached to an aromatic ring is 1. The van der Waals surface area contributed by atoms with Gasteiger partial charge in [-0.1, -0.05) is 0 Å². The maximum atomic E-state index is 13.0. The Morgan fingerprint density at radius 3 is 3.00 bits per heavy atom. The summed E-state index contributed by atoms with van der Waals surface area (Å²) in [4.78, 5) is 11.8. The summed E-state index contributed by atoms with van der Waals surface area (Å²) in [6.07, 6.45) is 1.63. The first-order chi connectivity index (χ1) is 8.58. The van der Waals surface area contributed by atoms with E-state index in [1.165, 1.54) is 12.1 Å². The molecule has 0 aliphatic rings. The molecule has 2 aromatic rings. The Labute approximate surface area is 103 Å². The van der Waals surface area contributed by atoms with E-state index in [1.54, 1.807) is 6.20 Å². The van der Waals surface area contributed by atoms with Gasteiger partial charge in [-0.05, 0) is 25.1 Å². The lowest BCUT2D eigenvalue weighted by Crippen LogP contribution is -2.24. The van der Waals surface area contributed by atoms with Gasteiger partial charge in [-0.3, -0.25) is 9.89 Å². The van der Waals surface area contributed by atoms with E-state index in [0.29, 0.717) is 6.54 Å². The Morgan fingerprint density at radius 2 is 2.33 bits per heavy atom. The average Bonchev–Trinajstić information content (AvgIpc) is 2.75. The maximum absolute atomic E-state index is 13.0. The molecule has 1 aromatic carbocycles. The number of hydrogen-bond acceptors (Lipinski definition) is 3. The Morgan fingerprint density at radius 1 is 1.56 bits per heavy atom. The molecule has 0 radical (unpaired) electrons. The summed E-state index contributed by atoms with van der Waals surface area (Å²) in [5.41, 5.74) is 7.76. The molecule has 1 heterocycles. The average molecular weight is 248 g/mol. The highest BCUT2D eigenvalue weighted by Crippen LogP contribution is 2.13. The second kappa shape index (κ2) is 4.87. The number of rotatable bonds is 3. The Bertz CT molecular complexity index is 579. The van der Waals surface area contributed by atoms with E-state index in [9.17, 15) is 9.18 Å². The van der Waals surface area contributed by atoms with E-state index in [-0.39, 0.29) is 11.3 Å². The molecular weight excluding hydrogens is 235 g/mol. The van der Waals surface area contributed by atoms with Crippen molar-refractivity contribution in [2.75, 3.05) is 5.73 Å². The molecule has 1 aromatic heterocycles. The molecule has 0 aliphatic carbocycles. The van der Waals surface area contributed by atoms with Crippen LogP contribution in [0.5, 0.6) is 0 Å². The van der Waals surface area contributed by atoms with Crippen LogP contribution in [0.25, 0.3) is 0 Å². The number of carbonyl (C=O) groups excluding carboxylic acids is 1. The van der Waals surface area contributed by atoms with E-state index in [0.717, 1.165) is 17.3 Å². The van der Waals surface area contributed by atoms with Crippen LogP contribution in [0.4, 0.5) is 10.1 Å². The third-order valence-corrected chi connectivity index (χ3v) is 2.63. The van der Waals surface area contributed by atoms with Crippen molar-refractivity contribution in [1.82, 2.24) is 15.5 Å². The van der Waals surface area contributed by atoms with Crippen LogP contribution < -0.4 is 11.1 Å². The summed E-state index contributed by atoms with van der Waals surface area (Å²) in [6.45, 7) is 2.17. The Balaban J connectivity index is 2.08. The minimum Gasteiger partial charge on any atom is -0.398 e. The minimum absolute atomic E-state index is 0.135. The lowest BCUT2D eigenvalue weighted by atomic mass is 10.1. The van der Waals surface area contributed by atoms with Crippen molar-refractivity contribution in [3.63, 3.8) is 0 Å². The van der Waals surface area contributed by atoms with Crippen LogP contribution >= 0.6 is 0 Å². The Hall–Kier alpha value is -2.37. The number of amides is 1. The number of halogens is 1. The number of nitrogens with one attached hydrogen (secondary N) is 2. The molecular formula is C12H13FN4O. The quantitative estimate of drug-likeness (QED) is 0.717. The van der Waals surface area contributed by atoms with Crippen LogP contribution in [0.15, 0.2) is 24.4 Å². The van der Waals surface area contributed by atoms with Crippen molar-refractivity contribution in [2.24, 2.45) is 0 Å². The van der Waals surface area contributed by atoms with Gasteiger partial charge < -0.3 is 11.1 Å². The zero-order valence-electron chi connectivity index (χ0n) is 9.83. The molecule has 0 fully saturated rings. The van der Waals surface area contributed by atoms with Gasteiger partial charge in [0.2, 0.25) is 0 Å². The van der Waals surface area contributed by atoms with Gasteiger partial charge in [0.05, 0.1) is 11.8 Å². The Kier molecular flexibility index (Phi) is 3.27. The number of aryl methyl sites for hydroxylation is 1. The number of benzene rings is 1. The predicted octanol–water partition coefficient (Wildman–Crippen LogP) is 1.37. The first kappa shape index (κ1) is 12.1. The highest BCUT2D eigenvalue weighted by atomic mass is 19.1. The summed E-state index contributed by atoms with van der Waals surface area (Å²) in [6, 6.07) is 3.70. The first-order valence-electron chi connectivity index (χ1n) is 5.40. The van der Waals surface area contributed by atoms with E-state index in [1.807, 2.05) is 6.92 Å². The van der Waals surface area contributed by atoms with Crippen molar-refractivity contribution in [3.05, 3.63) is 47.0 Å². The van der Waals surface area contributed by atoms with Gasteiger partial charge in [0.1, 0.15) is 5.82 Å². The summed E-state index contributed by atoms with van der Waals surface area (Å²) in [5, 5.41) is 9.27. The number of H-pyrrole nitrogens is 1. The molecule has 18 heavy (non-hydrogen) atoms. The standard InChI is InChI=1S/C12H13FN4O/c1-7-8(6-16-17-7)5-15-12(18)10-4-9(13)2-3-11(10)14/h2-4,6H,5,14H2,1H3,(H,15,18)(H,16,17). The molecule has 2 rings (SSSR count). The van der Waals surface area contributed by atoms with Crippen molar-refractivity contribution >= 4 is 11.6 Å². The van der Waals surface area contributed by atoms with Crippen molar-refractivity contribution in [3.8, 4) is 0 Å². The van der Waals surface area contributed by atoms with Gasteiger partial charge in [-0.25, -0.2) is 4.39 Å². The van der Waals surface area contributed by atoms with Crippen LogP contribution in [0.1, 0.15) is 21.6 Å². The van der Waals surface area contributed by atoms with Gasteiger partial charge in [0.15, 0.2) is 0 Å². The number of nitrogens with two attached hydrogens (primary N) is 1. The zero-order chi connectivity index (χ0) is 13.1. The van der Waals surface area contributed by atoms with E-state index < -0.39 is 11.7 Å². The van der Waals surface area contributed by atoms with E-state index >= 15 is 0 Å². The van der Waals surface area contributed by atoms with Gasteiger partial charge in [-0.2, -0.15) is 5.10 Å². The second-order valence-electron chi connectivity index (χ2n) is 3.93. The third-order valence-electron chi connectivity index (χ3n) is 2.63.